The van der Waals surface area contributed by atoms with Gasteiger partial charge in [0, 0.05) is 12.3 Å². The summed E-state index contributed by atoms with van der Waals surface area (Å²) in [5.41, 5.74) is 0. The standard InChI is InChI=1S/C53H93O31P/c1-2-3-4-5-6-7-8-9-10-11-12-13-14-15-16-17-18-33(57)75-22-26(56)23-78-85(73,74)84-49-27(34(58)40(64)45(69)50(49)83-53-48(72)43(67)37(61)30(21-55)81-53)19-28-35(59)41(65)38(62)31(79-28)24-76-52-47(71)44(68)39(63)32(82-52)25-77-51-46(70)42(66)36(60)29(20-54)80-51/h7-8,10-11,26-32,34-56,58-72H,2-6,9,12-25H2,1H3,(H,73,74)/b8-7-,11-10-/t26-,27?,28+,29?,30?,31?,32?,34?,35-,36+,37-,38+,39+,40-,41?,42?,43?,44?,45?,46+,47+,48-,49-,50-,51-,52-,53-/m1/s1. The van der Waals surface area contributed by atoms with Crippen LogP contribution in [0.25, 0.3) is 0 Å². The molecular weight excluding hydrogens is 1160 g/mol. The quantitative estimate of drug-likeness (QED) is 0.0124. The molecule has 496 valence electrons. The summed E-state index contributed by atoms with van der Waals surface area (Å²) in [6.07, 6.45) is -31.3. The average Bonchev–Trinajstić information content (AvgIpc) is 1.72. The second-order valence-electron chi connectivity index (χ2n) is 22.2. The number of aliphatic hydroxyl groups is 18. The normalized spacial score (nSPS) is 41.3. The number of allylic oxidation sites excluding steroid dienone is 4. The first-order chi connectivity index (χ1) is 40.4. The summed E-state index contributed by atoms with van der Waals surface area (Å²) in [5.74, 6) is -2.58. The Morgan fingerprint density at radius 3 is 1.49 bits per heavy atom. The number of aliphatic hydroxyl groups excluding tert-OH is 18. The lowest BCUT2D eigenvalue weighted by Gasteiger charge is -2.50. The zero-order chi connectivity index (χ0) is 62.7. The number of phosphoric acid groups is 1. The molecule has 5 fully saturated rings. The van der Waals surface area contributed by atoms with Crippen LogP contribution >= 0.6 is 7.82 Å². The van der Waals surface area contributed by atoms with E-state index in [-0.39, 0.29) is 6.42 Å². The number of carbonyl (C=O) groups excluding carboxylic acids is 1. The van der Waals surface area contributed by atoms with Gasteiger partial charge in [0.25, 0.3) is 0 Å². The van der Waals surface area contributed by atoms with Crippen molar-refractivity contribution in [1.29, 1.82) is 0 Å². The Morgan fingerprint density at radius 2 is 0.941 bits per heavy atom. The number of hydrogen-bond donors (Lipinski definition) is 19. The molecule has 1 aliphatic carbocycles. The van der Waals surface area contributed by atoms with E-state index < -0.39 is 225 Å². The zero-order valence-electron chi connectivity index (χ0n) is 47.4. The van der Waals surface area contributed by atoms with Crippen LogP contribution in [0.2, 0.25) is 0 Å². The van der Waals surface area contributed by atoms with Crippen LogP contribution in [-0.4, -0.2) is 302 Å². The molecule has 32 heteroatoms. The molecule has 19 N–H and O–H groups in total. The molecule has 31 nitrogen and oxygen atoms in total. The van der Waals surface area contributed by atoms with Crippen molar-refractivity contribution < 1.29 is 153 Å². The molecule has 4 heterocycles. The molecule has 0 aromatic rings. The molecule has 5 rings (SSSR count). The minimum atomic E-state index is -5.61. The maximum absolute atomic E-state index is 13.8. The summed E-state index contributed by atoms with van der Waals surface area (Å²) in [7, 11) is -5.61. The van der Waals surface area contributed by atoms with Crippen LogP contribution in [0.1, 0.15) is 96.8 Å². The van der Waals surface area contributed by atoms with Gasteiger partial charge in [-0.25, -0.2) is 4.57 Å². The van der Waals surface area contributed by atoms with Gasteiger partial charge in [-0.15, -0.1) is 0 Å². The maximum Gasteiger partial charge on any atom is 0.472 e. The Kier molecular flexibility index (Phi) is 31.4. The maximum atomic E-state index is 13.8. The van der Waals surface area contributed by atoms with E-state index in [1.165, 1.54) is 25.7 Å². The molecule has 12 unspecified atom stereocenters. The van der Waals surface area contributed by atoms with E-state index >= 15 is 0 Å². The average molecular weight is 1260 g/mol. The molecule has 28 atom stereocenters. The van der Waals surface area contributed by atoms with Crippen LogP contribution in [0.4, 0.5) is 0 Å². The SMILES string of the molecule is CCCCCC/C=C\C/C=C\CCCCCCCC(=O)OC[C@@H](O)COP(=O)(O)O[C@@H]1C(C[C@@H]2OC(CO[C@@H]3OC(CO[C@@H]4OC(CO)[C@H](O)C(O)[C@@H]4O)[C@H](O)C(O)[C@@H]3O)[C@H](O)C(O)[C@@H]2O)C(O)[C@@H](O)C(O)[C@H]1O[C@H]1OC(CO)[C@@H](O)C(O)[C@H]1O. The molecule has 0 radical (unpaired) electrons. The zero-order valence-corrected chi connectivity index (χ0v) is 48.3. The van der Waals surface area contributed by atoms with Crippen LogP contribution in [0.3, 0.4) is 0 Å². The Bertz CT molecular complexity index is 2010. The Balaban J connectivity index is 1.21. The van der Waals surface area contributed by atoms with Crippen molar-refractivity contribution in [2.75, 3.05) is 39.6 Å². The predicted molar refractivity (Wildman–Crippen MR) is 285 cm³/mol. The van der Waals surface area contributed by atoms with Crippen LogP contribution in [0, 0.1) is 5.92 Å². The summed E-state index contributed by atoms with van der Waals surface area (Å²) in [5, 5.41) is 192. The van der Waals surface area contributed by atoms with Crippen molar-refractivity contribution in [3.63, 3.8) is 0 Å². The molecule has 0 amide bonds. The van der Waals surface area contributed by atoms with Crippen molar-refractivity contribution in [2.24, 2.45) is 5.92 Å². The van der Waals surface area contributed by atoms with Gasteiger partial charge in [-0.05, 0) is 44.9 Å². The Labute approximate surface area is 491 Å². The molecule has 0 bridgehead atoms. The Hall–Kier alpha value is -1.94. The first-order valence-electron chi connectivity index (χ1n) is 29.1. The van der Waals surface area contributed by atoms with Crippen molar-refractivity contribution in [1.82, 2.24) is 0 Å². The van der Waals surface area contributed by atoms with Crippen LogP contribution in [-0.2, 0) is 56.3 Å². The van der Waals surface area contributed by atoms with E-state index in [0.29, 0.717) is 6.42 Å². The fourth-order valence-electron chi connectivity index (χ4n) is 10.5. The van der Waals surface area contributed by atoms with Gasteiger partial charge in [0.15, 0.2) is 18.9 Å². The molecule has 4 saturated heterocycles. The highest BCUT2D eigenvalue weighted by Gasteiger charge is 2.58. The second kappa shape index (κ2) is 36.2. The van der Waals surface area contributed by atoms with Gasteiger partial charge < -0.3 is 135 Å². The Morgan fingerprint density at radius 1 is 0.494 bits per heavy atom. The van der Waals surface area contributed by atoms with E-state index in [0.717, 1.165) is 44.9 Å². The van der Waals surface area contributed by atoms with Crippen molar-refractivity contribution >= 4 is 13.8 Å². The molecule has 85 heavy (non-hydrogen) atoms. The summed E-state index contributed by atoms with van der Waals surface area (Å²) >= 11 is 0. The number of phosphoric ester groups is 1. The molecule has 0 aromatic heterocycles. The monoisotopic (exact) mass is 1260 g/mol. The molecule has 0 aromatic carbocycles. The van der Waals surface area contributed by atoms with Crippen LogP contribution < -0.4 is 0 Å². The lowest BCUT2D eigenvalue weighted by atomic mass is 9.74. The van der Waals surface area contributed by atoms with Gasteiger partial charge in [0.05, 0.1) is 45.2 Å². The molecular formula is C53H93O31P. The van der Waals surface area contributed by atoms with Crippen LogP contribution in [0.15, 0.2) is 24.3 Å². The van der Waals surface area contributed by atoms with E-state index in [2.05, 4.69) is 31.2 Å². The third kappa shape index (κ3) is 21.1. The summed E-state index contributed by atoms with van der Waals surface area (Å²) in [4.78, 5) is 23.6. The van der Waals surface area contributed by atoms with E-state index in [4.69, 9.17) is 46.9 Å². The third-order valence-corrected chi connectivity index (χ3v) is 16.7. The summed E-state index contributed by atoms with van der Waals surface area (Å²) < 4.78 is 68.3. The first-order valence-corrected chi connectivity index (χ1v) is 30.6. The number of rotatable bonds is 34. The second-order valence-corrected chi connectivity index (χ2v) is 23.6. The fourth-order valence-corrected chi connectivity index (χ4v) is 11.5. The topological polar surface area (TPSA) is 511 Å². The molecule has 4 aliphatic heterocycles. The van der Waals surface area contributed by atoms with Gasteiger partial charge in [0.1, 0.15) is 135 Å². The summed E-state index contributed by atoms with van der Waals surface area (Å²) in [6.45, 7) is -2.99. The van der Waals surface area contributed by atoms with Gasteiger partial charge in [-0.3, -0.25) is 13.8 Å². The minimum absolute atomic E-state index is 0.0153. The van der Waals surface area contributed by atoms with Crippen molar-refractivity contribution in [3.05, 3.63) is 24.3 Å². The van der Waals surface area contributed by atoms with Gasteiger partial charge in [-0.1, -0.05) is 69.8 Å². The third-order valence-electron chi connectivity index (χ3n) is 15.7. The number of carbonyl (C=O) groups is 1. The van der Waals surface area contributed by atoms with E-state index in [9.17, 15) is 106 Å². The lowest BCUT2D eigenvalue weighted by Crippen LogP contribution is -2.67. The van der Waals surface area contributed by atoms with Crippen LogP contribution in [0.5, 0.6) is 0 Å². The predicted octanol–water partition coefficient (Wildman–Crippen LogP) is -5.63. The smallest absolute Gasteiger partial charge is 0.463 e. The molecule has 1 saturated carbocycles. The lowest BCUT2D eigenvalue weighted by molar-refractivity contribution is -0.339. The van der Waals surface area contributed by atoms with E-state index in [1.807, 2.05) is 0 Å². The highest BCUT2D eigenvalue weighted by Crippen LogP contribution is 2.50. The number of unbranched alkanes of at least 4 members (excludes halogenated alkanes) is 9. The van der Waals surface area contributed by atoms with Crippen molar-refractivity contribution in [3.8, 4) is 0 Å². The highest BCUT2D eigenvalue weighted by atomic mass is 31.2. The van der Waals surface area contributed by atoms with Gasteiger partial charge >= 0.3 is 13.8 Å². The number of hydrogen-bond acceptors (Lipinski definition) is 30. The van der Waals surface area contributed by atoms with Crippen molar-refractivity contribution in [2.45, 2.75) is 256 Å². The van der Waals surface area contributed by atoms with E-state index in [1.54, 1.807) is 0 Å². The van der Waals surface area contributed by atoms with Gasteiger partial charge in [0.2, 0.25) is 0 Å². The summed E-state index contributed by atoms with van der Waals surface area (Å²) in [6, 6.07) is 0. The largest absolute Gasteiger partial charge is 0.472 e. The molecule has 5 aliphatic rings. The number of esters is 1. The highest BCUT2D eigenvalue weighted by molar-refractivity contribution is 7.47. The van der Waals surface area contributed by atoms with Gasteiger partial charge in [-0.2, -0.15) is 0 Å². The number of ether oxygens (including phenoxy) is 8. The fraction of sp³-hybridized carbons (Fsp3) is 0.906. The minimum Gasteiger partial charge on any atom is -0.463 e. The first kappa shape index (κ1) is 73.8. The molecule has 0 spiro atoms.